The van der Waals surface area contributed by atoms with Crippen LogP contribution in [-0.4, -0.2) is 45.0 Å². The van der Waals surface area contributed by atoms with Gasteiger partial charge in [-0.1, -0.05) is 12.1 Å². The molecule has 0 radical (unpaired) electrons. The van der Waals surface area contributed by atoms with Gasteiger partial charge in [-0.05, 0) is 56.8 Å². The summed E-state index contributed by atoms with van der Waals surface area (Å²) in [5, 5.41) is 6.99. The van der Waals surface area contributed by atoms with Crippen LogP contribution in [0.3, 0.4) is 0 Å². The van der Waals surface area contributed by atoms with Crippen molar-refractivity contribution in [1.82, 2.24) is 10.6 Å². The van der Waals surface area contributed by atoms with Crippen LogP contribution in [0.2, 0.25) is 0 Å². The minimum absolute atomic E-state index is 0.632. The lowest BCUT2D eigenvalue weighted by molar-refractivity contribution is 0.375. The molecule has 2 aliphatic rings. The highest BCUT2D eigenvalue weighted by atomic mass is 16.5. The normalized spacial score (nSPS) is 21.7. The van der Waals surface area contributed by atoms with Crippen LogP contribution in [0.1, 0.15) is 24.8 Å². The first-order valence-electron chi connectivity index (χ1n) is 9.35. The molecule has 0 amide bonds. The van der Waals surface area contributed by atoms with Gasteiger partial charge in [-0.15, -0.1) is 0 Å². The Balaban J connectivity index is 1.82. The molecule has 1 atom stereocenters. The zero-order valence-corrected chi connectivity index (χ0v) is 15.8. The van der Waals surface area contributed by atoms with Gasteiger partial charge in [0, 0.05) is 30.9 Å². The summed E-state index contributed by atoms with van der Waals surface area (Å²) < 4.78 is 5.51. The van der Waals surface area contributed by atoms with Crippen molar-refractivity contribution in [3.05, 3.63) is 48.3 Å². The minimum Gasteiger partial charge on any atom is -0.496 e. The molecular weight excluding hydrogens is 338 g/mol. The number of nitrogens with zero attached hydrogens (tertiary/aromatic N) is 3. The van der Waals surface area contributed by atoms with E-state index in [1.165, 1.54) is 12.8 Å². The van der Waals surface area contributed by atoms with Gasteiger partial charge in [0.25, 0.3) is 0 Å². The first-order chi connectivity index (χ1) is 13.3. The summed E-state index contributed by atoms with van der Waals surface area (Å²) in [5.74, 6) is 2.36. The molecule has 3 rings (SSSR count). The zero-order chi connectivity index (χ0) is 18.9. The van der Waals surface area contributed by atoms with E-state index in [2.05, 4.69) is 27.3 Å². The molecule has 0 spiro atoms. The van der Waals surface area contributed by atoms with Gasteiger partial charge in [-0.3, -0.25) is 9.98 Å². The predicted molar refractivity (Wildman–Crippen MR) is 113 cm³/mol. The van der Waals surface area contributed by atoms with Crippen LogP contribution in [0, 0.1) is 5.92 Å². The second-order valence-corrected chi connectivity index (χ2v) is 6.66. The Labute approximate surface area is 160 Å². The average Bonchev–Trinajstić information content (AvgIpc) is 2.73. The SMILES string of the molecule is C=N/C=C\N=C1\C=C(c2ccccc2OC)N=C(NCC2CCCNC2)C1. The smallest absolute Gasteiger partial charge is 0.128 e. The molecule has 0 bridgehead atoms. The third kappa shape index (κ3) is 5.37. The third-order valence-corrected chi connectivity index (χ3v) is 4.70. The summed E-state index contributed by atoms with van der Waals surface area (Å²) in [6.07, 6.45) is 8.39. The number of ether oxygens (including phenoxy) is 1. The van der Waals surface area contributed by atoms with Crippen LogP contribution in [-0.2, 0) is 0 Å². The quantitative estimate of drug-likeness (QED) is 0.761. The third-order valence-electron chi connectivity index (χ3n) is 4.70. The molecule has 0 aromatic heterocycles. The van der Waals surface area contributed by atoms with E-state index in [0.717, 1.165) is 48.2 Å². The van der Waals surface area contributed by atoms with Crippen LogP contribution >= 0.6 is 0 Å². The highest BCUT2D eigenvalue weighted by molar-refractivity contribution is 6.16. The maximum absolute atomic E-state index is 5.51. The molecule has 0 saturated carbocycles. The molecular formula is C21H27N5O. The number of para-hydroxylation sites is 1. The molecule has 1 aromatic carbocycles. The van der Waals surface area contributed by atoms with Crippen LogP contribution in [0.4, 0.5) is 0 Å². The van der Waals surface area contributed by atoms with Gasteiger partial charge in [0.15, 0.2) is 0 Å². The number of piperidine rings is 1. The number of nitrogens with one attached hydrogen (secondary N) is 2. The maximum atomic E-state index is 5.51. The summed E-state index contributed by atoms with van der Waals surface area (Å²) in [7, 11) is 1.68. The largest absolute Gasteiger partial charge is 0.496 e. The summed E-state index contributed by atoms with van der Waals surface area (Å²) in [4.78, 5) is 13.1. The van der Waals surface area contributed by atoms with E-state index in [1.807, 2.05) is 30.3 Å². The van der Waals surface area contributed by atoms with E-state index in [0.29, 0.717) is 12.3 Å². The molecule has 1 fully saturated rings. The van der Waals surface area contributed by atoms with Gasteiger partial charge in [0.1, 0.15) is 11.6 Å². The standard InChI is InChI=1S/C21H27N5O/c1-22-10-11-24-17-12-19(18-7-3-4-8-20(18)27-2)26-21(13-17)25-15-16-6-5-9-23-14-16/h3-4,7-8,10-12,16,23H,1,5-6,9,13-15H2,2H3,(H,25,26)/b11-10-,24-17-. The van der Waals surface area contributed by atoms with Gasteiger partial charge in [-0.2, -0.15) is 0 Å². The molecule has 0 aliphatic carbocycles. The fourth-order valence-electron chi connectivity index (χ4n) is 3.31. The number of rotatable bonds is 6. The number of hydrogen-bond acceptors (Lipinski definition) is 6. The number of methoxy groups -OCH3 is 1. The Kier molecular flexibility index (Phi) is 6.93. The highest BCUT2D eigenvalue weighted by Crippen LogP contribution is 2.29. The summed E-state index contributed by atoms with van der Waals surface area (Å²) in [6.45, 7) is 6.55. The van der Waals surface area contributed by atoms with E-state index >= 15 is 0 Å². The highest BCUT2D eigenvalue weighted by Gasteiger charge is 2.18. The fraction of sp³-hybridized carbons (Fsp3) is 0.381. The second-order valence-electron chi connectivity index (χ2n) is 6.66. The van der Waals surface area contributed by atoms with Crippen molar-refractivity contribution in [2.24, 2.45) is 20.9 Å². The monoisotopic (exact) mass is 365 g/mol. The van der Waals surface area contributed by atoms with Crippen molar-refractivity contribution in [1.29, 1.82) is 0 Å². The van der Waals surface area contributed by atoms with Crippen molar-refractivity contribution in [2.45, 2.75) is 19.3 Å². The van der Waals surface area contributed by atoms with E-state index < -0.39 is 0 Å². The molecule has 2 heterocycles. The predicted octanol–water partition coefficient (Wildman–Crippen LogP) is 3.04. The van der Waals surface area contributed by atoms with Crippen molar-refractivity contribution in [3.8, 4) is 5.75 Å². The molecule has 2 aliphatic heterocycles. The minimum atomic E-state index is 0.632. The van der Waals surface area contributed by atoms with Crippen LogP contribution < -0.4 is 15.4 Å². The summed E-state index contributed by atoms with van der Waals surface area (Å²) in [5.41, 5.74) is 2.73. The van der Waals surface area contributed by atoms with Gasteiger partial charge in [0.2, 0.25) is 0 Å². The van der Waals surface area contributed by atoms with Gasteiger partial charge in [-0.25, -0.2) is 4.99 Å². The molecule has 27 heavy (non-hydrogen) atoms. The zero-order valence-electron chi connectivity index (χ0n) is 15.8. The lowest BCUT2D eigenvalue weighted by Gasteiger charge is -2.24. The van der Waals surface area contributed by atoms with Crippen LogP contribution in [0.25, 0.3) is 5.70 Å². The second kappa shape index (κ2) is 9.83. The molecule has 1 saturated heterocycles. The lowest BCUT2D eigenvalue weighted by Crippen LogP contribution is -2.39. The Morgan fingerprint density at radius 2 is 2.26 bits per heavy atom. The topological polar surface area (TPSA) is 70.4 Å². The number of allylic oxidation sites excluding steroid dienone is 1. The molecule has 6 nitrogen and oxygen atoms in total. The van der Waals surface area contributed by atoms with E-state index in [1.54, 1.807) is 19.5 Å². The number of benzene rings is 1. The Morgan fingerprint density at radius 1 is 1.37 bits per heavy atom. The van der Waals surface area contributed by atoms with Crippen LogP contribution in [0.5, 0.6) is 5.75 Å². The van der Waals surface area contributed by atoms with Crippen molar-refractivity contribution >= 4 is 24.0 Å². The Bertz CT molecular complexity index is 773. The number of amidine groups is 1. The molecule has 142 valence electrons. The van der Waals surface area contributed by atoms with E-state index in [9.17, 15) is 0 Å². The summed E-state index contributed by atoms with van der Waals surface area (Å²) >= 11 is 0. The molecule has 6 heteroatoms. The summed E-state index contributed by atoms with van der Waals surface area (Å²) in [6, 6.07) is 7.90. The fourth-order valence-corrected chi connectivity index (χ4v) is 3.31. The first kappa shape index (κ1) is 19.0. The maximum Gasteiger partial charge on any atom is 0.128 e. The van der Waals surface area contributed by atoms with E-state index in [-0.39, 0.29) is 0 Å². The Hall–Kier alpha value is -2.73. The molecule has 1 aromatic rings. The molecule has 2 N–H and O–H groups in total. The van der Waals surface area contributed by atoms with Crippen molar-refractivity contribution in [3.63, 3.8) is 0 Å². The van der Waals surface area contributed by atoms with Gasteiger partial charge in [0.05, 0.1) is 18.5 Å². The average molecular weight is 365 g/mol. The molecule has 1 unspecified atom stereocenters. The van der Waals surface area contributed by atoms with Crippen molar-refractivity contribution < 1.29 is 4.74 Å². The lowest BCUT2D eigenvalue weighted by atomic mass is 9.99. The number of aliphatic imine (C=N–C) groups is 3. The number of hydrogen-bond donors (Lipinski definition) is 2. The van der Waals surface area contributed by atoms with Crippen LogP contribution in [0.15, 0.2) is 57.7 Å². The van der Waals surface area contributed by atoms with Crippen molar-refractivity contribution in [2.75, 3.05) is 26.7 Å². The van der Waals surface area contributed by atoms with E-state index in [4.69, 9.17) is 9.73 Å². The Morgan fingerprint density at radius 3 is 3.04 bits per heavy atom. The first-order valence-corrected chi connectivity index (χ1v) is 9.35. The van der Waals surface area contributed by atoms with Gasteiger partial charge >= 0.3 is 0 Å². The van der Waals surface area contributed by atoms with Gasteiger partial charge < -0.3 is 15.4 Å².